The number of amides is 2. The van der Waals surface area contributed by atoms with E-state index in [-0.39, 0.29) is 37.8 Å². The Labute approximate surface area is 197 Å². The summed E-state index contributed by atoms with van der Waals surface area (Å²) in [7, 11) is 0. The Morgan fingerprint density at radius 1 is 0.912 bits per heavy atom. The van der Waals surface area contributed by atoms with Gasteiger partial charge in [0, 0.05) is 12.6 Å². The van der Waals surface area contributed by atoms with Crippen LogP contribution < -0.4 is 14.2 Å². The van der Waals surface area contributed by atoms with Crippen LogP contribution in [0.1, 0.15) is 24.2 Å². The van der Waals surface area contributed by atoms with Crippen LogP contribution >= 0.6 is 0 Å². The fourth-order valence-corrected chi connectivity index (χ4v) is 3.88. The average molecular weight is 463 g/mol. The van der Waals surface area contributed by atoms with Crippen LogP contribution in [0.2, 0.25) is 0 Å². The molecule has 1 saturated carbocycles. The summed E-state index contributed by atoms with van der Waals surface area (Å²) in [4.78, 5) is 29.7. The van der Waals surface area contributed by atoms with Gasteiger partial charge in [-0.25, -0.2) is 0 Å². The number of furan rings is 1. The van der Waals surface area contributed by atoms with Crippen molar-refractivity contribution in [2.75, 3.05) is 19.9 Å². The largest absolute Gasteiger partial charge is 0.484 e. The van der Waals surface area contributed by atoms with Gasteiger partial charge < -0.3 is 28.4 Å². The maximum Gasteiger partial charge on any atom is 0.261 e. The van der Waals surface area contributed by atoms with Crippen LogP contribution in [0.3, 0.4) is 0 Å². The van der Waals surface area contributed by atoms with Crippen molar-refractivity contribution >= 4 is 11.8 Å². The highest BCUT2D eigenvalue weighted by atomic mass is 16.7. The molecule has 1 aromatic heterocycles. The van der Waals surface area contributed by atoms with Crippen LogP contribution in [-0.2, 0) is 22.7 Å². The lowest BCUT2D eigenvalue weighted by Gasteiger charge is -2.27. The van der Waals surface area contributed by atoms with Gasteiger partial charge in [-0.2, -0.15) is 0 Å². The van der Waals surface area contributed by atoms with Gasteiger partial charge in [0.1, 0.15) is 18.1 Å². The monoisotopic (exact) mass is 462 g/mol. The fourth-order valence-electron chi connectivity index (χ4n) is 3.88. The molecule has 0 unspecified atom stereocenters. The molecule has 8 heteroatoms. The molecular weight excluding hydrogens is 436 g/mol. The highest BCUT2D eigenvalue weighted by molar-refractivity contribution is 5.86. The molecule has 1 fully saturated rings. The van der Waals surface area contributed by atoms with Gasteiger partial charge in [-0.3, -0.25) is 9.59 Å². The highest BCUT2D eigenvalue weighted by Crippen LogP contribution is 2.33. The zero-order chi connectivity index (χ0) is 23.3. The van der Waals surface area contributed by atoms with Gasteiger partial charge in [0.25, 0.3) is 5.91 Å². The molecule has 3 aromatic rings. The lowest BCUT2D eigenvalue weighted by Crippen LogP contribution is -2.45. The summed E-state index contributed by atoms with van der Waals surface area (Å²) in [5, 5.41) is 0. The molecule has 1 aliphatic heterocycles. The van der Waals surface area contributed by atoms with Crippen LogP contribution in [0.5, 0.6) is 17.2 Å². The fraction of sp³-hybridized carbons (Fsp3) is 0.308. The number of rotatable bonds is 10. The van der Waals surface area contributed by atoms with E-state index in [4.69, 9.17) is 18.6 Å². The standard InChI is InChI=1S/C26H26N2O6/c29-25(16-28(20-9-10-20)26(30)17-32-21-5-2-1-3-6-21)27(15-22-7-4-12-31-22)14-19-8-11-23-24(13-19)34-18-33-23/h1-8,11-13,20H,9-10,14-18H2. The number of nitrogens with zero attached hydrogens (tertiary/aromatic N) is 2. The van der Waals surface area contributed by atoms with Crippen LogP contribution in [0.4, 0.5) is 0 Å². The van der Waals surface area contributed by atoms with Crippen LogP contribution in [0, 0.1) is 0 Å². The Morgan fingerprint density at radius 3 is 2.50 bits per heavy atom. The maximum absolute atomic E-state index is 13.4. The summed E-state index contributed by atoms with van der Waals surface area (Å²) in [5.41, 5.74) is 0.904. The molecule has 0 atom stereocenters. The third kappa shape index (κ3) is 5.33. The molecule has 2 heterocycles. The number of hydrogen-bond donors (Lipinski definition) is 0. The van der Waals surface area contributed by atoms with Crippen molar-refractivity contribution < 1.29 is 28.2 Å². The van der Waals surface area contributed by atoms with Gasteiger partial charge in [0.15, 0.2) is 18.1 Å². The Morgan fingerprint density at radius 2 is 1.74 bits per heavy atom. The maximum atomic E-state index is 13.4. The van der Waals surface area contributed by atoms with E-state index in [1.54, 1.807) is 34.3 Å². The Kier molecular flexibility index (Phi) is 6.38. The zero-order valence-electron chi connectivity index (χ0n) is 18.7. The molecule has 0 bridgehead atoms. The second kappa shape index (κ2) is 9.91. The van der Waals surface area contributed by atoms with Gasteiger partial charge in [-0.05, 0) is 54.8 Å². The molecule has 2 amide bonds. The van der Waals surface area contributed by atoms with E-state index in [2.05, 4.69) is 0 Å². The first-order valence-electron chi connectivity index (χ1n) is 11.3. The molecule has 2 aromatic carbocycles. The molecule has 0 N–H and O–H groups in total. The topological polar surface area (TPSA) is 81.5 Å². The minimum Gasteiger partial charge on any atom is -0.484 e. The first kappa shape index (κ1) is 21.9. The van der Waals surface area contributed by atoms with Gasteiger partial charge in [0.05, 0.1) is 12.8 Å². The Balaban J connectivity index is 1.27. The van der Waals surface area contributed by atoms with Crippen LogP contribution in [-0.4, -0.2) is 47.6 Å². The molecular formula is C26H26N2O6. The number of fused-ring (bicyclic) bond motifs is 1. The first-order valence-corrected chi connectivity index (χ1v) is 11.3. The SMILES string of the molecule is O=C(CN(C(=O)COc1ccccc1)C1CC1)N(Cc1ccc2c(c1)OCO2)Cc1ccco1. The number of carbonyl (C=O) groups excluding carboxylic acids is 2. The summed E-state index contributed by atoms with van der Waals surface area (Å²) in [6, 6.07) is 18.5. The quantitative estimate of drug-likeness (QED) is 0.458. The van der Waals surface area contributed by atoms with Gasteiger partial charge in [0.2, 0.25) is 12.7 Å². The number of carbonyl (C=O) groups is 2. The predicted octanol–water partition coefficient (Wildman–Crippen LogP) is 3.61. The number of benzene rings is 2. The Bertz CT molecular complexity index is 1130. The summed E-state index contributed by atoms with van der Waals surface area (Å²) in [6.45, 7) is 0.731. The van der Waals surface area contributed by atoms with Crippen molar-refractivity contribution in [2.45, 2.75) is 32.0 Å². The van der Waals surface area contributed by atoms with E-state index >= 15 is 0 Å². The van der Waals surface area contributed by atoms with Crippen molar-refractivity contribution in [2.24, 2.45) is 0 Å². The van der Waals surface area contributed by atoms with Gasteiger partial charge in [-0.15, -0.1) is 0 Å². The Hall–Kier alpha value is -3.94. The van der Waals surface area contributed by atoms with Gasteiger partial charge in [-0.1, -0.05) is 24.3 Å². The number of hydrogen-bond acceptors (Lipinski definition) is 6. The van der Waals surface area contributed by atoms with Gasteiger partial charge >= 0.3 is 0 Å². The number of para-hydroxylation sites is 1. The third-order valence-corrected chi connectivity index (χ3v) is 5.81. The molecule has 0 saturated heterocycles. The summed E-state index contributed by atoms with van der Waals surface area (Å²) in [6.07, 6.45) is 3.37. The molecule has 0 spiro atoms. The number of ether oxygens (including phenoxy) is 3. The molecule has 34 heavy (non-hydrogen) atoms. The smallest absolute Gasteiger partial charge is 0.261 e. The van der Waals surface area contributed by atoms with Crippen molar-refractivity contribution in [3.63, 3.8) is 0 Å². The summed E-state index contributed by atoms with van der Waals surface area (Å²) in [5.74, 6) is 2.30. The van der Waals surface area contributed by atoms with Crippen molar-refractivity contribution in [3.05, 3.63) is 78.3 Å². The lowest BCUT2D eigenvalue weighted by atomic mass is 10.2. The minimum absolute atomic E-state index is 0.00703. The van der Waals surface area contributed by atoms with E-state index in [1.165, 1.54) is 0 Å². The third-order valence-electron chi connectivity index (χ3n) is 5.81. The predicted molar refractivity (Wildman–Crippen MR) is 122 cm³/mol. The minimum atomic E-state index is -0.194. The summed E-state index contributed by atoms with van der Waals surface area (Å²) < 4.78 is 22.0. The summed E-state index contributed by atoms with van der Waals surface area (Å²) >= 11 is 0. The lowest BCUT2D eigenvalue weighted by molar-refractivity contribution is -0.143. The molecule has 0 radical (unpaired) electrons. The molecule has 8 nitrogen and oxygen atoms in total. The van der Waals surface area contributed by atoms with E-state index < -0.39 is 0 Å². The molecule has 1 aliphatic carbocycles. The second-order valence-corrected chi connectivity index (χ2v) is 8.37. The normalized spacial score (nSPS) is 14.0. The van der Waals surface area contributed by atoms with Crippen molar-refractivity contribution in [1.82, 2.24) is 9.80 Å². The average Bonchev–Trinajstić information content (AvgIpc) is 3.35. The van der Waals surface area contributed by atoms with Crippen molar-refractivity contribution in [1.29, 1.82) is 0 Å². The van der Waals surface area contributed by atoms with E-state index in [0.717, 1.165) is 18.4 Å². The van der Waals surface area contributed by atoms with Crippen molar-refractivity contribution in [3.8, 4) is 17.2 Å². The van der Waals surface area contributed by atoms with E-state index in [0.29, 0.717) is 36.1 Å². The molecule has 5 rings (SSSR count). The highest BCUT2D eigenvalue weighted by Gasteiger charge is 2.35. The van der Waals surface area contributed by atoms with Crippen LogP contribution in [0.25, 0.3) is 0 Å². The molecule has 2 aliphatic rings. The molecule has 176 valence electrons. The zero-order valence-corrected chi connectivity index (χ0v) is 18.7. The first-order chi connectivity index (χ1) is 16.7. The van der Waals surface area contributed by atoms with E-state index in [9.17, 15) is 9.59 Å². The van der Waals surface area contributed by atoms with E-state index in [1.807, 2.05) is 42.5 Å². The van der Waals surface area contributed by atoms with Crippen LogP contribution in [0.15, 0.2) is 71.3 Å². The second-order valence-electron chi connectivity index (χ2n) is 8.37.